The van der Waals surface area contributed by atoms with Crippen LogP contribution in [0, 0.1) is 0 Å². The number of H-pyrrole nitrogens is 1. The summed E-state index contributed by atoms with van der Waals surface area (Å²) >= 11 is 0. The van der Waals surface area contributed by atoms with Gasteiger partial charge in [0.05, 0.1) is 24.2 Å². The van der Waals surface area contributed by atoms with Crippen LogP contribution in [0.4, 0.5) is 0 Å². The summed E-state index contributed by atoms with van der Waals surface area (Å²) in [5.41, 5.74) is 1.84. The molecule has 1 aromatic carbocycles. The summed E-state index contributed by atoms with van der Waals surface area (Å²) in [5.74, 6) is 0.359. The minimum absolute atomic E-state index is 0.0251. The minimum Gasteiger partial charge on any atom is -0.383 e. The molecule has 0 unspecified atom stereocenters. The summed E-state index contributed by atoms with van der Waals surface area (Å²) in [5, 5.41) is 5.21. The van der Waals surface area contributed by atoms with Gasteiger partial charge in [0.2, 0.25) is 11.8 Å². The normalized spacial score (nSPS) is 10.6. The van der Waals surface area contributed by atoms with Gasteiger partial charge < -0.3 is 20.4 Å². The molecular weight excluding hydrogens is 284 g/mol. The molecule has 1 heterocycles. The van der Waals surface area contributed by atoms with Crippen LogP contribution in [0.15, 0.2) is 24.3 Å². The standard InChI is InChI=1S/C15H20N4O3/c1-22-9-8-16-15(21)10-17-14(20)7-6-13-18-11-4-2-3-5-12(11)19-13/h2-5H,6-10H2,1H3,(H,16,21)(H,17,20)(H,18,19). The van der Waals surface area contributed by atoms with Gasteiger partial charge in [-0.25, -0.2) is 4.98 Å². The quantitative estimate of drug-likeness (QED) is 0.614. The highest BCUT2D eigenvalue weighted by Gasteiger charge is 2.07. The average molecular weight is 304 g/mol. The molecule has 0 bridgehead atoms. The lowest BCUT2D eigenvalue weighted by Crippen LogP contribution is -2.38. The number of aryl methyl sites for hydroxylation is 1. The number of aromatic amines is 1. The van der Waals surface area contributed by atoms with Gasteiger partial charge in [0.15, 0.2) is 0 Å². The van der Waals surface area contributed by atoms with Gasteiger partial charge in [0.25, 0.3) is 0 Å². The van der Waals surface area contributed by atoms with Crippen LogP contribution in [0.3, 0.4) is 0 Å². The van der Waals surface area contributed by atoms with Gasteiger partial charge in [0.1, 0.15) is 5.82 Å². The molecule has 0 aliphatic rings. The lowest BCUT2D eigenvalue weighted by molar-refractivity contribution is -0.126. The minimum atomic E-state index is -0.228. The molecule has 0 saturated carbocycles. The van der Waals surface area contributed by atoms with E-state index < -0.39 is 0 Å². The first-order valence-electron chi connectivity index (χ1n) is 7.15. The predicted molar refractivity (Wildman–Crippen MR) is 82.3 cm³/mol. The zero-order valence-corrected chi connectivity index (χ0v) is 12.5. The number of carbonyl (C=O) groups is 2. The summed E-state index contributed by atoms with van der Waals surface area (Å²) in [6, 6.07) is 7.71. The first-order valence-corrected chi connectivity index (χ1v) is 7.15. The van der Waals surface area contributed by atoms with E-state index in [1.807, 2.05) is 24.3 Å². The summed E-state index contributed by atoms with van der Waals surface area (Å²) in [6.45, 7) is 0.860. The second-order valence-corrected chi connectivity index (χ2v) is 4.82. The number of imidazole rings is 1. The maximum atomic E-state index is 11.7. The second kappa shape index (κ2) is 8.14. The molecule has 118 valence electrons. The van der Waals surface area contributed by atoms with Gasteiger partial charge in [-0.05, 0) is 12.1 Å². The first kappa shape index (κ1) is 16.0. The van der Waals surface area contributed by atoms with E-state index in [1.54, 1.807) is 7.11 Å². The van der Waals surface area contributed by atoms with E-state index in [4.69, 9.17) is 4.74 Å². The van der Waals surface area contributed by atoms with E-state index in [0.29, 0.717) is 19.6 Å². The zero-order valence-electron chi connectivity index (χ0n) is 12.5. The second-order valence-electron chi connectivity index (χ2n) is 4.82. The molecule has 1 aromatic heterocycles. The van der Waals surface area contributed by atoms with Crippen LogP contribution >= 0.6 is 0 Å². The van der Waals surface area contributed by atoms with Gasteiger partial charge in [0, 0.05) is 26.5 Å². The molecule has 22 heavy (non-hydrogen) atoms. The molecule has 2 rings (SSSR count). The highest BCUT2D eigenvalue weighted by Crippen LogP contribution is 2.11. The van der Waals surface area contributed by atoms with Crippen molar-refractivity contribution in [3.8, 4) is 0 Å². The molecule has 0 radical (unpaired) electrons. The number of amides is 2. The van der Waals surface area contributed by atoms with Crippen LogP contribution in [0.1, 0.15) is 12.2 Å². The van der Waals surface area contributed by atoms with Crippen molar-refractivity contribution in [1.82, 2.24) is 20.6 Å². The summed E-state index contributed by atoms with van der Waals surface area (Å²) in [6.07, 6.45) is 0.789. The number of aromatic nitrogens is 2. The number of hydrogen-bond donors (Lipinski definition) is 3. The Morgan fingerprint density at radius 1 is 1.23 bits per heavy atom. The molecule has 2 aromatic rings. The average Bonchev–Trinajstić information content (AvgIpc) is 2.94. The SMILES string of the molecule is COCCNC(=O)CNC(=O)CCc1nc2ccccc2[nH]1. The molecule has 7 nitrogen and oxygen atoms in total. The van der Waals surface area contributed by atoms with Crippen LogP contribution in [0.5, 0.6) is 0 Å². The highest BCUT2D eigenvalue weighted by molar-refractivity contribution is 5.84. The number of para-hydroxylation sites is 2. The molecular formula is C15H20N4O3. The van der Waals surface area contributed by atoms with Crippen LogP contribution in [0.25, 0.3) is 11.0 Å². The van der Waals surface area contributed by atoms with Gasteiger partial charge >= 0.3 is 0 Å². The topological polar surface area (TPSA) is 96.1 Å². The molecule has 3 N–H and O–H groups in total. The monoisotopic (exact) mass is 304 g/mol. The van der Waals surface area contributed by atoms with Crippen molar-refractivity contribution >= 4 is 22.8 Å². The molecule has 0 aliphatic carbocycles. The Hall–Kier alpha value is -2.41. The van der Waals surface area contributed by atoms with Crippen LogP contribution in [-0.2, 0) is 20.7 Å². The number of nitrogens with zero attached hydrogens (tertiary/aromatic N) is 1. The third-order valence-electron chi connectivity index (χ3n) is 3.10. The van der Waals surface area contributed by atoms with Crippen molar-refractivity contribution < 1.29 is 14.3 Å². The zero-order chi connectivity index (χ0) is 15.8. The smallest absolute Gasteiger partial charge is 0.239 e. The Bertz CT molecular complexity index is 606. The number of hydrogen-bond acceptors (Lipinski definition) is 4. The molecule has 2 amide bonds. The third-order valence-corrected chi connectivity index (χ3v) is 3.10. The summed E-state index contributed by atoms with van der Waals surface area (Å²) in [4.78, 5) is 30.7. The Kier molecular flexibility index (Phi) is 5.91. The number of fused-ring (bicyclic) bond motifs is 1. The van der Waals surface area contributed by atoms with Gasteiger partial charge in [-0.3, -0.25) is 9.59 Å². The van der Waals surface area contributed by atoms with E-state index in [1.165, 1.54) is 0 Å². The maximum Gasteiger partial charge on any atom is 0.239 e. The van der Waals surface area contributed by atoms with E-state index in [0.717, 1.165) is 16.9 Å². The Labute approximate surface area is 128 Å². The van der Waals surface area contributed by atoms with E-state index >= 15 is 0 Å². The molecule has 0 spiro atoms. The van der Waals surface area contributed by atoms with E-state index in [-0.39, 0.29) is 24.8 Å². The molecule has 0 fully saturated rings. The summed E-state index contributed by atoms with van der Waals surface area (Å²) in [7, 11) is 1.56. The number of nitrogens with one attached hydrogen (secondary N) is 3. The van der Waals surface area contributed by atoms with Crippen molar-refractivity contribution in [3.05, 3.63) is 30.1 Å². The van der Waals surface area contributed by atoms with Crippen molar-refractivity contribution in [3.63, 3.8) is 0 Å². The Morgan fingerprint density at radius 2 is 2.05 bits per heavy atom. The fourth-order valence-corrected chi connectivity index (χ4v) is 1.98. The third kappa shape index (κ3) is 4.85. The Balaban J connectivity index is 1.70. The number of methoxy groups -OCH3 is 1. The number of rotatable bonds is 8. The van der Waals surface area contributed by atoms with E-state index in [2.05, 4.69) is 20.6 Å². The van der Waals surface area contributed by atoms with Crippen LogP contribution in [0.2, 0.25) is 0 Å². The number of ether oxygens (including phenoxy) is 1. The van der Waals surface area contributed by atoms with Gasteiger partial charge in [-0.2, -0.15) is 0 Å². The van der Waals surface area contributed by atoms with Crippen molar-refractivity contribution in [2.75, 3.05) is 26.8 Å². The molecule has 7 heteroatoms. The molecule has 0 aliphatic heterocycles. The van der Waals surface area contributed by atoms with Crippen LogP contribution in [-0.4, -0.2) is 48.6 Å². The van der Waals surface area contributed by atoms with Gasteiger partial charge in [-0.1, -0.05) is 12.1 Å². The van der Waals surface area contributed by atoms with Crippen LogP contribution < -0.4 is 10.6 Å². The number of carbonyl (C=O) groups excluding carboxylic acids is 2. The fourth-order valence-electron chi connectivity index (χ4n) is 1.98. The Morgan fingerprint density at radius 3 is 2.82 bits per heavy atom. The van der Waals surface area contributed by atoms with E-state index in [9.17, 15) is 9.59 Å². The lowest BCUT2D eigenvalue weighted by atomic mass is 10.3. The predicted octanol–water partition coefficient (Wildman–Crippen LogP) is 0.374. The largest absolute Gasteiger partial charge is 0.383 e. The highest BCUT2D eigenvalue weighted by atomic mass is 16.5. The van der Waals surface area contributed by atoms with Crippen molar-refractivity contribution in [2.45, 2.75) is 12.8 Å². The summed E-state index contributed by atoms with van der Waals surface area (Å²) < 4.78 is 4.82. The van der Waals surface area contributed by atoms with Crippen molar-refractivity contribution in [1.29, 1.82) is 0 Å². The molecule has 0 saturated heterocycles. The molecule has 0 atom stereocenters. The number of benzene rings is 1. The first-order chi connectivity index (χ1) is 10.7. The fraction of sp³-hybridized carbons (Fsp3) is 0.400. The van der Waals surface area contributed by atoms with Gasteiger partial charge in [-0.15, -0.1) is 0 Å². The maximum absolute atomic E-state index is 11.7. The van der Waals surface area contributed by atoms with Crippen molar-refractivity contribution in [2.24, 2.45) is 0 Å². The lowest BCUT2D eigenvalue weighted by Gasteiger charge is -2.06.